The molecule has 0 N–H and O–H groups in total. The molecule has 15 heavy (non-hydrogen) atoms. The molecular weight excluding hydrogens is 192 g/mol. The maximum atomic E-state index is 11.5. The van der Waals surface area contributed by atoms with E-state index >= 15 is 0 Å². The summed E-state index contributed by atoms with van der Waals surface area (Å²) in [7, 11) is 1.41. The molecule has 1 unspecified atom stereocenters. The zero-order valence-electron chi connectivity index (χ0n) is 9.14. The summed E-state index contributed by atoms with van der Waals surface area (Å²) in [5.74, 6) is -0.436. The van der Waals surface area contributed by atoms with Gasteiger partial charge in [-0.1, -0.05) is 19.8 Å². The van der Waals surface area contributed by atoms with E-state index in [-0.39, 0.29) is 11.9 Å². The molecule has 1 rings (SSSR count). The predicted molar refractivity (Wildman–Crippen MR) is 56.3 cm³/mol. The van der Waals surface area contributed by atoms with Gasteiger partial charge in [-0.2, -0.15) is 0 Å². The summed E-state index contributed by atoms with van der Waals surface area (Å²) in [6, 6.07) is 0. The van der Waals surface area contributed by atoms with E-state index < -0.39 is 0 Å². The Balaban J connectivity index is 2.76. The maximum absolute atomic E-state index is 11.5. The first-order chi connectivity index (χ1) is 7.29. The first kappa shape index (κ1) is 11.6. The van der Waals surface area contributed by atoms with Crippen molar-refractivity contribution < 1.29 is 9.53 Å². The summed E-state index contributed by atoms with van der Waals surface area (Å²) in [5.41, 5.74) is 0.831. The van der Waals surface area contributed by atoms with E-state index in [0.717, 1.165) is 24.8 Å². The highest BCUT2D eigenvalue weighted by Crippen LogP contribution is 2.21. The van der Waals surface area contributed by atoms with Crippen LogP contribution >= 0.6 is 0 Å². The first-order valence-corrected chi connectivity index (χ1v) is 5.12. The Kier molecular flexibility index (Phi) is 4.74. The number of methoxy groups -OCH3 is 1. The van der Waals surface area contributed by atoms with E-state index in [2.05, 4.69) is 16.9 Å². The Hall–Kier alpha value is -1.45. The molecular formula is C11H16N2O2. The Morgan fingerprint density at radius 1 is 1.47 bits per heavy atom. The summed E-state index contributed by atoms with van der Waals surface area (Å²) in [4.78, 5) is 19.4. The molecule has 0 spiro atoms. The van der Waals surface area contributed by atoms with Crippen molar-refractivity contribution in [2.75, 3.05) is 7.11 Å². The number of esters is 1. The summed E-state index contributed by atoms with van der Waals surface area (Å²) in [6.07, 6.45) is 7.64. The van der Waals surface area contributed by atoms with Crippen LogP contribution in [-0.2, 0) is 9.53 Å². The zero-order chi connectivity index (χ0) is 11.1. The second-order valence-electron chi connectivity index (χ2n) is 3.39. The SMILES string of the molecule is CCCCC(C(=O)OC)c1cncnc1. The van der Waals surface area contributed by atoms with E-state index in [1.165, 1.54) is 13.4 Å². The van der Waals surface area contributed by atoms with Gasteiger partial charge in [-0.25, -0.2) is 9.97 Å². The van der Waals surface area contributed by atoms with E-state index in [1.54, 1.807) is 12.4 Å². The highest BCUT2D eigenvalue weighted by Gasteiger charge is 2.20. The van der Waals surface area contributed by atoms with Gasteiger partial charge in [0, 0.05) is 18.0 Å². The number of unbranched alkanes of at least 4 members (excludes halogenated alkanes) is 1. The number of ether oxygens (including phenoxy) is 1. The van der Waals surface area contributed by atoms with Crippen LogP contribution in [0.4, 0.5) is 0 Å². The van der Waals surface area contributed by atoms with Crippen LogP contribution in [-0.4, -0.2) is 23.0 Å². The van der Waals surface area contributed by atoms with Gasteiger partial charge >= 0.3 is 5.97 Å². The van der Waals surface area contributed by atoms with Crippen molar-refractivity contribution in [2.45, 2.75) is 32.1 Å². The highest BCUT2D eigenvalue weighted by molar-refractivity contribution is 5.77. The lowest BCUT2D eigenvalue weighted by molar-refractivity contribution is -0.142. The van der Waals surface area contributed by atoms with E-state index in [0.29, 0.717) is 0 Å². The van der Waals surface area contributed by atoms with E-state index in [4.69, 9.17) is 4.74 Å². The number of hydrogen-bond acceptors (Lipinski definition) is 4. The lowest BCUT2D eigenvalue weighted by Gasteiger charge is -2.13. The monoisotopic (exact) mass is 208 g/mol. The van der Waals surface area contributed by atoms with Gasteiger partial charge in [0.1, 0.15) is 6.33 Å². The van der Waals surface area contributed by atoms with Crippen molar-refractivity contribution in [1.82, 2.24) is 9.97 Å². The number of rotatable bonds is 5. The molecule has 0 bridgehead atoms. The summed E-state index contributed by atoms with van der Waals surface area (Å²) < 4.78 is 4.77. The number of nitrogens with zero attached hydrogens (tertiary/aromatic N) is 2. The molecule has 1 atom stereocenters. The minimum atomic E-state index is -0.226. The van der Waals surface area contributed by atoms with E-state index in [9.17, 15) is 4.79 Å². The molecule has 0 saturated heterocycles. The molecule has 0 aromatic carbocycles. The fourth-order valence-corrected chi connectivity index (χ4v) is 1.46. The molecule has 0 aliphatic heterocycles. The Bertz CT molecular complexity index is 301. The van der Waals surface area contributed by atoms with Crippen molar-refractivity contribution in [2.24, 2.45) is 0 Å². The Morgan fingerprint density at radius 2 is 2.13 bits per heavy atom. The molecule has 0 radical (unpaired) electrons. The third-order valence-corrected chi connectivity index (χ3v) is 2.31. The predicted octanol–water partition coefficient (Wildman–Crippen LogP) is 1.92. The average molecular weight is 208 g/mol. The molecule has 1 aromatic heterocycles. The van der Waals surface area contributed by atoms with Crippen molar-refractivity contribution in [1.29, 1.82) is 0 Å². The normalized spacial score (nSPS) is 12.1. The largest absolute Gasteiger partial charge is 0.469 e. The van der Waals surface area contributed by atoms with Gasteiger partial charge in [0.15, 0.2) is 0 Å². The van der Waals surface area contributed by atoms with Crippen molar-refractivity contribution in [3.8, 4) is 0 Å². The maximum Gasteiger partial charge on any atom is 0.313 e. The molecule has 0 aliphatic rings. The minimum Gasteiger partial charge on any atom is -0.469 e. The summed E-state index contributed by atoms with van der Waals surface area (Å²) in [5, 5.41) is 0. The second-order valence-corrected chi connectivity index (χ2v) is 3.39. The minimum absolute atomic E-state index is 0.210. The van der Waals surface area contributed by atoms with Crippen LogP contribution in [0.1, 0.15) is 37.7 Å². The van der Waals surface area contributed by atoms with Crippen LogP contribution in [0.2, 0.25) is 0 Å². The molecule has 4 heteroatoms. The molecule has 82 valence electrons. The molecule has 1 heterocycles. The molecule has 0 saturated carbocycles. The molecule has 4 nitrogen and oxygen atoms in total. The van der Waals surface area contributed by atoms with Gasteiger partial charge in [-0.3, -0.25) is 4.79 Å². The fraction of sp³-hybridized carbons (Fsp3) is 0.545. The Morgan fingerprint density at radius 3 is 2.67 bits per heavy atom. The van der Waals surface area contributed by atoms with Crippen LogP contribution < -0.4 is 0 Å². The van der Waals surface area contributed by atoms with Gasteiger partial charge in [-0.15, -0.1) is 0 Å². The number of hydrogen-bond donors (Lipinski definition) is 0. The second kappa shape index (κ2) is 6.11. The first-order valence-electron chi connectivity index (χ1n) is 5.12. The summed E-state index contributed by atoms with van der Waals surface area (Å²) >= 11 is 0. The molecule has 1 aromatic rings. The third-order valence-electron chi connectivity index (χ3n) is 2.31. The van der Waals surface area contributed by atoms with Crippen molar-refractivity contribution in [3.63, 3.8) is 0 Å². The topological polar surface area (TPSA) is 52.1 Å². The lowest BCUT2D eigenvalue weighted by atomic mass is 9.96. The third kappa shape index (κ3) is 3.31. The number of carbonyl (C=O) groups excluding carboxylic acids is 1. The van der Waals surface area contributed by atoms with Gasteiger partial charge in [-0.05, 0) is 6.42 Å². The van der Waals surface area contributed by atoms with Gasteiger partial charge in [0.25, 0.3) is 0 Å². The smallest absolute Gasteiger partial charge is 0.313 e. The molecule has 0 aliphatic carbocycles. The quantitative estimate of drug-likeness (QED) is 0.694. The zero-order valence-corrected chi connectivity index (χ0v) is 9.14. The van der Waals surface area contributed by atoms with Gasteiger partial charge in [0.2, 0.25) is 0 Å². The van der Waals surface area contributed by atoms with Crippen LogP contribution in [0.3, 0.4) is 0 Å². The molecule has 0 amide bonds. The van der Waals surface area contributed by atoms with Crippen molar-refractivity contribution >= 4 is 5.97 Å². The fourth-order valence-electron chi connectivity index (χ4n) is 1.46. The van der Waals surface area contributed by atoms with Gasteiger partial charge < -0.3 is 4.74 Å². The van der Waals surface area contributed by atoms with Crippen LogP contribution in [0.25, 0.3) is 0 Å². The Labute approximate surface area is 89.7 Å². The van der Waals surface area contributed by atoms with Crippen LogP contribution in [0, 0.1) is 0 Å². The average Bonchev–Trinajstić information content (AvgIpc) is 2.30. The lowest BCUT2D eigenvalue weighted by Crippen LogP contribution is -2.14. The molecule has 0 fully saturated rings. The van der Waals surface area contributed by atoms with E-state index in [1.807, 2.05) is 0 Å². The number of aromatic nitrogens is 2. The standard InChI is InChI=1S/C11H16N2O2/c1-3-4-5-10(11(14)15-2)9-6-12-8-13-7-9/h6-8,10H,3-5H2,1-2H3. The van der Waals surface area contributed by atoms with Crippen LogP contribution in [0.5, 0.6) is 0 Å². The number of carbonyl (C=O) groups is 1. The highest BCUT2D eigenvalue weighted by atomic mass is 16.5. The van der Waals surface area contributed by atoms with Crippen LogP contribution in [0.15, 0.2) is 18.7 Å². The summed E-state index contributed by atoms with van der Waals surface area (Å²) in [6.45, 7) is 2.09. The van der Waals surface area contributed by atoms with Crippen molar-refractivity contribution in [3.05, 3.63) is 24.3 Å². The van der Waals surface area contributed by atoms with Gasteiger partial charge in [0.05, 0.1) is 13.0 Å².